The van der Waals surface area contributed by atoms with Crippen LogP contribution in [-0.2, 0) is 0 Å². The topological polar surface area (TPSA) is 32.3 Å². The van der Waals surface area contributed by atoms with Gasteiger partial charge in [-0.1, -0.05) is 6.07 Å². The van der Waals surface area contributed by atoms with Crippen molar-refractivity contribution in [1.29, 1.82) is 0 Å². The van der Waals surface area contributed by atoms with Gasteiger partial charge in [-0.2, -0.15) is 0 Å². The average Bonchev–Trinajstić information content (AvgIpc) is 2.72. The van der Waals surface area contributed by atoms with E-state index >= 15 is 0 Å². The number of likely N-dealkylation sites (tertiary alicyclic amines) is 1. The molecule has 0 aliphatic carbocycles. The zero-order valence-corrected chi connectivity index (χ0v) is 10.5. The van der Waals surface area contributed by atoms with Crippen LogP contribution in [0.4, 0.5) is 8.78 Å². The van der Waals surface area contributed by atoms with E-state index in [-0.39, 0.29) is 11.6 Å². The summed E-state index contributed by atoms with van der Waals surface area (Å²) in [7, 11) is 0. The van der Waals surface area contributed by atoms with Crippen molar-refractivity contribution in [1.82, 2.24) is 10.2 Å². The molecule has 0 spiro atoms. The fourth-order valence-electron chi connectivity index (χ4n) is 2.97. The molecule has 2 bridgehead atoms. The molecule has 1 N–H and O–H groups in total. The lowest BCUT2D eigenvalue weighted by Crippen LogP contribution is -2.39. The van der Waals surface area contributed by atoms with Crippen LogP contribution in [0.25, 0.3) is 0 Å². The summed E-state index contributed by atoms with van der Waals surface area (Å²) >= 11 is 0. The predicted octanol–water partition coefficient (Wildman–Crippen LogP) is 1.93. The summed E-state index contributed by atoms with van der Waals surface area (Å²) in [5.74, 6) is -2.43. The van der Waals surface area contributed by atoms with Crippen LogP contribution in [0.1, 0.15) is 29.6 Å². The Hall–Kier alpha value is -1.49. The van der Waals surface area contributed by atoms with E-state index in [2.05, 4.69) is 5.32 Å². The second kappa shape index (κ2) is 4.89. The molecule has 0 radical (unpaired) electrons. The number of hydrogen-bond donors (Lipinski definition) is 1. The monoisotopic (exact) mass is 266 g/mol. The Bertz CT molecular complexity index is 506. The van der Waals surface area contributed by atoms with E-state index in [1.807, 2.05) is 0 Å². The summed E-state index contributed by atoms with van der Waals surface area (Å²) in [5, 5.41) is 3.45. The maximum absolute atomic E-state index is 13.7. The highest BCUT2D eigenvalue weighted by molar-refractivity contribution is 5.94. The molecule has 2 unspecified atom stereocenters. The van der Waals surface area contributed by atoms with Crippen molar-refractivity contribution in [2.45, 2.75) is 31.3 Å². The van der Waals surface area contributed by atoms with E-state index in [4.69, 9.17) is 0 Å². The molecule has 0 aromatic heterocycles. The minimum Gasteiger partial charge on any atom is -0.337 e. The molecule has 1 aromatic rings. The maximum Gasteiger partial charge on any atom is 0.256 e. The van der Waals surface area contributed by atoms with Gasteiger partial charge in [-0.15, -0.1) is 0 Å². The van der Waals surface area contributed by atoms with E-state index in [9.17, 15) is 13.6 Å². The summed E-state index contributed by atoms with van der Waals surface area (Å²) in [4.78, 5) is 13.9. The van der Waals surface area contributed by atoms with Gasteiger partial charge in [-0.05, 0) is 31.4 Å². The second-order valence-electron chi connectivity index (χ2n) is 5.28. The van der Waals surface area contributed by atoms with Crippen LogP contribution in [0.15, 0.2) is 18.2 Å². The molecule has 2 aliphatic rings. The van der Waals surface area contributed by atoms with Crippen molar-refractivity contribution < 1.29 is 13.6 Å². The Morgan fingerprint density at radius 3 is 2.84 bits per heavy atom. The highest BCUT2D eigenvalue weighted by Crippen LogP contribution is 2.22. The summed E-state index contributed by atoms with van der Waals surface area (Å²) in [6.45, 7) is 1.17. The number of halogens is 2. The van der Waals surface area contributed by atoms with Crippen LogP contribution in [0, 0.1) is 11.6 Å². The van der Waals surface area contributed by atoms with E-state index in [1.165, 1.54) is 12.1 Å². The molecule has 3 rings (SSSR count). The second-order valence-corrected chi connectivity index (χ2v) is 5.28. The lowest BCUT2D eigenvalue weighted by atomic mass is 10.1. The first kappa shape index (κ1) is 12.5. The molecule has 5 heteroatoms. The zero-order valence-electron chi connectivity index (χ0n) is 10.5. The lowest BCUT2D eigenvalue weighted by Gasteiger charge is -2.24. The van der Waals surface area contributed by atoms with Gasteiger partial charge in [0.25, 0.3) is 5.91 Å². The molecule has 2 atom stereocenters. The Balaban J connectivity index is 1.81. The Kier molecular flexibility index (Phi) is 3.22. The molecule has 3 nitrogen and oxygen atoms in total. The SMILES string of the molecule is O=C(c1cccc(F)c1F)N1CCC2CCC(C1)N2. The first-order valence-corrected chi connectivity index (χ1v) is 6.64. The summed E-state index contributed by atoms with van der Waals surface area (Å²) < 4.78 is 26.8. The lowest BCUT2D eigenvalue weighted by molar-refractivity contribution is 0.0742. The fourth-order valence-corrected chi connectivity index (χ4v) is 2.97. The van der Waals surface area contributed by atoms with Crippen molar-refractivity contribution in [3.05, 3.63) is 35.4 Å². The number of carbonyl (C=O) groups is 1. The van der Waals surface area contributed by atoms with Gasteiger partial charge in [0.15, 0.2) is 11.6 Å². The van der Waals surface area contributed by atoms with Gasteiger partial charge >= 0.3 is 0 Å². The molecular weight excluding hydrogens is 250 g/mol. The van der Waals surface area contributed by atoms with Gasteiger partial charge in [0.05, 0.1) is 5.56 Å². The first-order valence-electron chi connectivity index (χ1n) is 6.64. The largest absolute Gasteiger partial charge is 0.337 e. The van der Waals surface area contributed by atoms with Crippen molar-refractivity contribution in [2.24, 2.45) is 0 Å². The Labute approximate surface area is 110 Å². The third-order valence-corrected chi connectivity index (χ3v) is 3.99. The van der Waals surface area contributed by atoms with Crippen molar-refractivity contribution in [3.8, 4) is 0 Å². The molecule has 1 amide bonds. The highest BCUT2D eigenvalue weighted by Gasteiger charge is 2.32. The van der Waals surface area contributed by atoms with Gasteiger partial charge < -0.3 is 10.2 Å². The normalized spacial score (nSPS) is 26.3. The van der Waals surface area contributed by atoms with Crippen molar-refractivity contribution in [2.75, 3.05) is 13.1 Å². The maximum atomic E-state index is 13.7. The van der Waals surface area contributed by atoms with Gasteiger partial charge in [-0.25, -0.2) is 8.78 Å². The van der Waals surface area contributed by atoms with Crippen LogP contribution in [0.5, 0.6) is 0 Å². The third-order valence-electron chi connectivity index (χ3n) is 3.99. The number of benzene rings is 1. The van der Waals surface area contributed by atoms with Crippen LogP contribution < -0.4 is 5.32 Å². The predicted molar refractivity (Wildman–Crippen MR) is 66.8 cm³/mol. The first-order chi connectivity index (χ1) is 9.15. The van der Waals surface area contributed by atoms with E-state index in [0.717, 1.165) is 25.3 Å². The number of carbonyl (C=O) groups excluding carboxylic acids is 1. The number of nitrogens with zero attached hydrogens (tertiary/aromatic N) is 1. The number of fused-ring (bicyclic) bond motifs is 2. The van der Waals surface area contributed by atoms with Crippen LogP contribution in [0.3, 0.4) is 0 Å². The minimum atomic E-state index is -1.05. The van der Waals surface area contributed by atoms with Crippen molar-refractivity contribution in [3.63, 3.8) is 0 Å². The Morgan fingerprint density at radius 1 is 1.21 bits per heavy atom. The minimum absolute atomic E-state index is 0.169. The van der Waals surface area contributed by atoms with Crippen LogP contribution in [0.2, 0.25) is 0 Å². The summed E-state index contributed by atoms with van der Waals surface area (Å²) in [6.07, 6.45) is 3.06. The summed E-state index contributed by atoms with van der Waals surface area (Å²) in [6, 6.07) is 4.48. The molecule has 0 saturated carbocycles. The van der Waals surface area contributed by atoms with E-state index in [0.29, 0.717) is 19.1 Å². The average molecular weight is 266 g/mol. The number of nitrogens with one attached hydrogen (secondary N) is 1. The van der Waals surface area contributed by atoms with Crippen LogP contribution >= 0.6 is 0 Å². The Morgan fingerprint density at radius 2 is 2.00 bits per heavy atom. The standard InChI is InChI=1S/C14H16F2N2O/c15-12-3-1-2-11(13(12)16)14(19)18-7-6-9-4-5-10(8-18)17-9/h1-3,9-10,17H,4-8H2. The molecule has 1 aromatic carbocycles. The van der Waals surface area contributed by atoms with Crippen LogP contribution in [-0.4, -0.2) is 36.0 Å². The third kappa shape index (κ3) is 2.34. The highest BCUT2D eigenvalue weighted by atomic mass is 19.2. The fraction of sp³-hybridized carbons (Fsp3) is 0.500. The number of amides is 1. The smallest absolute Gasteiger partial charge is 0.256 e. The van der Waals surface area contributed by atoms with Crippen molar-refractivity contribution >= 4 is 5.91 Å². The molecule has 2 saturated heterocycles. The van der Waals surface area contributed by atoms with Gasteiger partial charge in [0, 0.05) is 25.2 Å². The van der Waals surface area contributed by atoms with Gasteiger partial charge in [0.1, 0.15) is 0 Å². The summed E-state index contributed by atoms with van der Waals surface area (Å²) in [5.41, 5.74) is -0.169. The molecule has 102 valence electrons. The molecule has 19 heavy (non-hydrogen) atoms. The molecule has 2 aliphatic heterocycles. The number of rotatable bonds is 1. The van der Waals surface area contributed by atoms with Gasteiger partial charge in [0.2, 0.25) is 0 Å². The number of hydrogen-bond acceptors (Lipinski definition) is 2. The molecule has 2 heterocycles. The van der Waals surface area contributed by atoms with E-state index in [1.54, 1.807) is 4.90 Å². The molecular formula is C14H16F2N2O. The zero-order chi connectivity index (χ0) is 13.4. The van der Waals surface area contributed by atoms with E-state index < -0.39 is 17.5 Å². The quantitative estimate of drug-likeness (QED) is 0.842. The van der Waals surface area contributed by atoms with Gasteiger partial charge in [-0.3, -0.25) is 4.79 Å². The molecule has 2 fully saturated rings.